The largest absolute Gasteiger partial charge is 0.475 e. The number of aromatic nitrogens is 1. The normalized spacial score (nSPS) is 10.7. The van der Waals surface area contributed by atoms with Crippen molar-refractivity contribution in [3.05, 3.63) is 17.5 Å². The number of nitrogens with zero attached hydrogens (tertiary/aromatic N) is 1. The van der Waals surface area contributed by atoms with Crippen LogP contribution in [0, 0.1) is 5.92 Å². The number of amides is 1. The molecule has 1 aromatic rings. The molecule has 2 N–H and O–H groups in total. The van der Waals surface area contributed by atoms with E-state index in [1.807, 2.05) is 0 Å². The molecule has 7 nitrogen and oxygen atoms in total. The van der Waals surface area contributed by atoms with Crippen molar-refractivity contribution in [1.29, 1.82) is 0 Å². The summed E-state index contributed by atoms with van der Waals surface area (Å²) in [6, 6.07) is 1.09. The summed E-state index contributed by atoms with van der Waals surface area (Å²) in [6.45, 7) is 5.82. The smallest absolute Gasteiger partial charge is 0.374 e. The number of rotatable bonds is 8. The number of carboxylic acid groups (broad SMARTS) is 1. The molecule has 1 aromatic heterocycles. The Morgan fingerprint density at radius 2 is 2.26 bits per heavy atom. The number of hydrogen-bond donors (Lipinski definition) is 2. The van der Waals surface area contributed by atoms with E-state index < -0.39 is 11.9 Å². The summed E-state index contributed by atoms with van der Waals surface area (Å²) in [5, 5.41) is 14.6. The van der Waals surface area contributed by atoms with Crippen LogP contribution in [0.15, 0.2) is 10.6 Å². The third-order valence-corrected chi connectivity index (χ3v) is 2.16. The van der Waals surface area contributed by atoms with Crippen molar-refractivity contribution in [2.24, 2.45) is 5.92 Å². The number of carboxylic acids is 1. The van der Waals surface area contributed by atoms with E-state index in [1.165, 1.54) is 0 Å². The van der Waals surface area contributed by atoms with E-state index in [0.29, 0.717) is 32.1 Å². The van der Waals surface area contributed by atoms with Crippen molar-refractivity contribution in [2.45, 2.75) is 20.3 Å². The zero-order valence-corrected chi connectivity index (χ0v) is 11.0. The van der Waals surface area contributed by atoms with Gasteiger partial charge >= 0.3 is 5.97 Å². The van der Waals surface area contributed by atoms with Gasteiger partial charge in [0.05, 0.1) is 0 Å². The fourth-order valence-electron chi connectivity index (χ4n) is 1.27. The predicted molar refractivity (Wildman–Crippen MR) is 66.1 cm³/mol. The van der Waals surface area contributed by atoms with Gasteiger partial charge in [-0.25, -0.2) is 4.79 Å². The van der Waals surface area contributed by atoms with Crippen LogP contribution in [0.1, 0.15) is 41.3 Å². The average Bonchev–Trinajstić information content (AvgIpc) is 2.82. The first kappa shape index (κ1) is 15.2. The van der Waals surface area contributed by atoms with Crippen molar-refractivity contribution < 1.29 is 24.0 Å². The van der Waals surface area contributed by atoms with Crippen LogP contribution in [0.4, 0.5) is 0 Å². The topological polar surface area (TPSA) is 102 Å². The maximum atomic E-state index is 11.6. The Hall–Kier alpha value is -1.89. The first-order valence-electron chi connectivity index (χ1n) is 6.06. The summed E-state index contributed by atoms with van der Waals surface area (Å²) in [6.07, 6.45) is 0.683. The van der Waals surface area contributed by atoms with E-state index in [9.17, 15) is 9.59 Å². The standard InChI is InChI=1S/C12H18N2O5/c1-8(2)7-18-5-3-4-13-11(15)9-6-10(12(16)17)19-14-9/h6,8H,3-5,7H2,1-2H3,(H,13,15)(H,16,17). The Kier molecular flexibility index (Phi) is 6.01. The zero-order valence-electron chi connectivity index (χ0n) is 11.0. The highest BCUT2D eigenvalue weighted by Gasteiger charge is 2.15. The molecule has 7 heteroatoms. The monoisotopic (exact) mass is 270 g/mol. The molecule has 0 aliphatic heterocycles. The number of nitrogens with one attached hydrogen (secondary N) is 1. The minimum absolute atomic E-state index is 0.0412. The molecule has 0 fully saturated rings. The molecule has 1 rings (SSSR count). The van der Waals surface area contributed by atoms with Crippen LogP contribution in [-0.4, -0.2) is 41.9 Å². The molecule has 0 aliphatic carbocycles. The highest BCUT2D eigenvalue weighted by atomic mass is 16.5. The number of carbonyl (C=O) groups excluding carboxylic acids is 1. The first-order valence-corrected chi connectivity index (χ1v) is 6.06. The molecule has 1 amide bonds. The van der Waals surface area contributed by atoms with Gasteiger partial charge in [-0.2, -0.15) is 0 Å². The molecular weight excluding hydrogens is 252 g/mol. The minimum atomic E-state index is -1.26. The van der Waals surface area contributed by atoms with Crippen molar-refractivity contribution in [3.8, 4) is 0 Å². The first-order chi connectivity index (χ1) is 9.00. The third kappa shape index (κ3) is 5.52. The molecule has 0 bridgehead atoms. The number of carbonyl (C=O) groups is 2. The summed E-state index contributed by atoms with van der Waals surface area (Å²) in [5.74, 6) is -1.58. The predicted octanol–water partition coefficient (Wildman–Crippen LogP) is 1.17. The van der Waals surface area contributed by atoms with Gasteiger partial charge < -0.3 is 19.7 Å². The molecule has 0 spiro atoms. The summed E-state index contributed by atoms with van der Waals surface area (Å²) < 4.78 is 9.84. The molecule has 0 saturated heterocycles. The molecule has 0 atom stereocenters. The van der Waals surface area contributed by atoms with Gasteiger partial charge in [-0.1, -0.05) is 19.0 Å². The van der Waals surface area contributed by atoms with E-state index >= 15 is 0 Å². The molecule has 1 heterocycles. The zero-order chi connectivity index (χ0) is 14.3. The van der Waals surface area contributed by atoms with Gasteiger partial charge in [0.1, 0.15) is 0 Å². The Morgan fingerprint density at radius 3 is 2.84 bits per heavy atom. The molecule has 0 aliphatic rings. The maximum Gasteiger partial charge on any atom is 0.374 e. The van der Waals surface area contributed by atoms with E-state index in [4.69, 9.17) is 9.84 Å². The van der Waals surface area contributed by atoms with Crippen molar-refractivity contribution in [1.82, 2.24) is 10.5 Å². The lowest BCUT2D eigenvalue weighted by molar-refractivity contribution is 0.0651. The summed E-state index contributed by atoms with van der Waals surface area (Å²) in [7, 11) is 0. The van der Waals surface area contributed by atoms with Crippen LogP contribution in [0.2, 0.25) is 0 Å². The molecular formula is C12H18N2O5. The van der Waals surface area contributed by atoms with Crippen LogP contribution >= 0.6 is 0 Å². The van der Waals surface area contributed by atoms with Gasteiger partial charge in [0, 0.05) is 25.8 Å². The fraction of sp³-hybridized carbons (Fsp3) is 0.583. The number of aromatic carboxylic acids is 1. The van der Waals surface area contributed by atoms with Gasteiger partial charge in [-0.15, -0.1) is 0 Å². The van der Waals surface area contributed by atoms with Crippen molar-refractivity contribution >= 4 is 11.9 Å². The maximum absolute atomic E-state index is 11.6. The van der Waals surface area contributed by atoms with E-state index in [1.54, 1.807) is 0 Å². The van der Waals surface area contributed by atoms with Gasteiger partial charge in [0.2, 0.25) is 5.76 Å². The minimum Gasteiger partial charge on any atom is -0.475 e. The summed E-state index contributed by atoms with van der Waals surface area (Å²) in [5.41, 5.74) is -0.0412. The second-order valence-electron chi connectivity index (χ2n) is 4.46. The van der Waals surface area contributed by atoms with Crippen LogP contribution in [0.3, 0.4) is 0 Å². The quantitative estimate of drug-likeness (QED) is 0.687. The van der Waals surface area contributed by atoms with Crippen molar-refractivity contribution in [3.63, 3.8) is 0 Å². The lowest BCUT2D eigenvalue weighted by Gasteiger charge is -2.06. The number of ether oxygens (including phenoxy) is 1. The Bertz CT molecular complexity index is 428. The van der Waals surface area contributed by atoms with E-state index in [2.05, 4.69) is 28.8 Å². The lowest BCUT2D eigenvalue weighted by atomic mass is 10.2. The number of hydrogen-bond acceptors (Lipinski definition) is 5. The van der Waals surface area contributed by atoms with Crippen LogP contribution in [-0.2, 0) is 4.74 Å². The molecule has 0 radical (unpaired) electrons. The van der Waals surface area contributed by atoms with E-state index in [-0.39, 0.29) is 11.5 Å². The Balaban J connectivity index is 2.22. The SMILES string of the molecule is CC(C)COCCCNC(=O)c1cc(C(=O)O)on1. The van der Waals surface area contributed by atoms with Gasteiger partial charge in [-0.05, 0) is 12.3 Å². The molecule has 19 heavy (non-hydrogen) atoms. The average molecular weight is 270 g/mol. The van der Waals surface area contributed by atoms with Crippen molar-refractivity contribution in [2.75, 3.05) is 19.8 Å². The molecule has 0 saturated carbocycles. The third-order valence-electron chi connectivity index (χ3n) is 2.16. The van der Waals surface area contributed by atoms with Gasteiger partial charge in [0.15, 0.2) is 5.69 Å². The Labute approximate surface area is 110 Å². The highest BCUT2D eigenvalue weighted by molar-refractivity contribution is 5.94. The van der Waals surface area contributed by atoms with Gasteiger partial charge in [0.25, 0.3) is 5.91 Å². The second kappa shape index (κ2) is 7.52. The van der Waals surface area contributed by atoms with Crippen LogP contribution in [0.5, 0.6) is 0 Å². The fourth-order valence-corrected chi connectivity index (χ4v) is 1.27. The molecule has 0 unspecified atom stereocenters. The second-order valence-corrected chi connectivity index (χ2v) is 4.46. The highest BCUT2D eigenvalue weighted by Crippen LogP contribution is 2.03. The summed E-state index contributed by atoms with van der Waals surface area (Å²) in [4.78, 5) is 22.1. The Morgan fingerprint density at radius 1 is 1.53 bits per heavy atom. The molecule has 0 aromatic carbocycles. The van der Waals surface area contributed by atoms with E-state index in [0.717, 1.165) is 6.07 Å². The molecule has 106 valence electrons. The lowest BCUT2D eigenvalue weighted by Crippen LogP contribution is -2.25. The summed E-state index contributed by atoms with van der Waals surface area (Å²) >= 11 is 0. The van der Waals surface area contributed by atoms with Crippen LogP contribution < -0.4 is 5.32 Å². The van der Waals surface area contributed by atoms with Gasteiger partial charge in [-0.3, -0.25) is 4.79 Å². The van der Waals surface area contributed by atoms with Crippen LogP contribution in [0.25, 0.3) is 0 Å².